The Morgan fingerprint density at radius 3 is 2.36 bits per heavy atom. The molecule has 0 aliphatic heterocycles. The van der Waals surface area contributed by atoms with E-state index in [1.54, 1.807) is 6.92 Å². The van der Waals surface area contributed by atoms with Gasteiger partial charge in [0.2, 0.25) is 0 Å². The molecule has 0 fully saturated rings. The normalized spacial score (nSPS) is 12.5. The summed E-state index contributed by atoms with van der Waals surface area (Å²) in [5.41, 5.74) is 0. The van der Waals surface area contributed by atoms with Gasteiger partial charge in [0.05, 0.1) is 0 Å². The Balaban J connectivity index is 3.55. The van der Waals surface area contributed by atoms with Crippen molar-refractivity contribution in [3.8, 4) is 0 Å². The zero-order valence-corrected chi connectivity index (χ0v) is 9.64. The van der Waals surface area contributed by atoms with Crippen LogP contribution in [0.25, 0.3) is 0 Å². The molecule has 1 atom stereocenters. The first-order chi connectivity index (χ1) is 6.56. The Hall–Kier alpha value is -0.660. The van der Waals surface area contributed by atoms with Crippen molar-refractivity contribution in [2.75, 3.05) is 0 Å². The fourth-order valence-electron chi connectivity index (χ4n) is 1.42. The highest BCUT2D eigenvalue weighted by atomic mass is 16.1. The summed E-state index contributed by atoms with van der Waals surface area (Å²) in [5.74, 6) is 0.934. The van der Waals surface area contributed by atoms with Crippen molar-refractivity contribution in [1.29, 1.82) is 0 Å². The van der Waals surface area contributed by atoms with E-state index in [1.807, 2.05) is 6.92 Å². The minimum atomic E-state index is 0.220. The van der Waals surface area contributed by atoms with Crippen molar-refractivity contribution >= 4 is 11.6 Å². The molecule has 0 saturated heterocycles. The second-order valence-corrected chi connectivity index (χ2v) is 4.19. The topological polar surface area (TPSA) is 34.1 Å². The second-order valence-electron chi connectivity index (χ2n) is 4.19. The van der Waals surface area contributed by atoms with Gasteiger partial charge in [-0.05, 0) is 25.7 Å². The monoisotopic (exact) mass is 198 g/mol. The van der Waals surface area contributed by atoms with Gasteiger partial charge in [0.25, 0.3) is 0 Å². The van der Waals surface area contributed by atoms with Crippen LogP contribution in [-0.2, 0) is 9.59 Å². The number of carbonyl (C=O) groups is 2. The van der Waals surface area contributed by atoms with Crippen LogP contribution in [0.15, 0.2) is 0 Å². The average molecular weight is 198 g/mol. The predicted molar refractivity (Wildman–Crippen MR) is 58.2 cm³/mol. The van der Waals surface area contributed by atoms with Gasteiger partial charge < -0.3 is 4.79 Å². The maximum Gasteiger partial charge on any atom is 0.133 e. The first-order valence-corrected chi connectivity index (χ1v) is 5.57. The van der Waals surface area contributed by atoms with Gasteiger partial charge in [-0.3, -0.25) is 4.79 Å². The standard InChI is InChI=1S/C12H22O2/c1-4-5-6-12(14)9-10(2)7-8-11(3)13/h10H,4-9H2,1-3H3. The molecule has 0 saturated carbocycles. The molecule has 14 heavy (non-hydrogen) atoms. The van der Waals surface area contributed by atoms with E-state index in [0.29, 0.717) is 31.0 Å². The third kappa shape index (κ3) is 7.96. The molecule has 0 N–H and O–H groups in total. The van der Waals surface area contributed by atoms with Crippen LogP contribution in [0.2, 0.25) is 0 Å². The highest BCUT2D eigenvalue weighted by Gasteiger charge is 2.09. The number of hydrogen-bond donors (Lipinski definition) is 0. The van der Waals surface area contributed by atoms with E-state index in [0.717, 1.165) is 19.3 Å². The molecule has 2 heteroatoms. The van der Waals surface area contributed by atoms with Crippen molar-refractivity contribution in [1.82, 2.24) is 0 Å². The molecule has 1 unspecified atom stereocenters. The minimum absolute atomic E-state index is 0.220. The predicted octanol–water partition coefficient (Wildman–Crippen LogP) is 3.14. The van der Waals surface area contributed by atoms with E-state index in [9.17, 15) is 9.59 Å². The van der Waals surface area contributed by atoms with E-state index < -0.39 is 0 Å². The summed E-state index contributed by atoms with van der Waals surface area (Å²) in [7, 11) is 0. The summed E-state index contributed by atoms with van der Waals surface area (Å²) < 4.78 is 0. The van der Waals surface area contributed by atoms with Crippen LogP contribution >= 0.6 is 0 Å². The molecule has 0 spiro atoms. The zero-order valence-electron chi connectivity index (χ0n) is 9.64. The van der Waals surface area contributed by atoms with Gasteiger partial charge in [-0.2, -0.15) is 0 Å². The Morgan fingerprint density at radius 1 is 1.21 bits per heavy atom. The van der Waals surface area contributed by atoms with E-state index in [1.165, 1.54) is 0 Å². The fraction of sp³-hybridized carbons (Fsp3) is 0.833. The summed E-state index contributed by atoms with van der Waals surface area (Å²) in [6, 6.07) is 0. The lowest BCUT2D eigenvalue weighted by molar-refractivity contribution is -0.121. The second kappa shape index (κ2) is 7.72. The van der Waals surface area contributed by atoms with E-state index >= 15 is 0 Å². The van der Waals surface area contributed by atoms with Gasteiger partial charge in [0.1, 0.15) is 11.6 Å². The van der Waals surface area contributed by atoms with Crippen LogP contribution < -0.4 is 0 Å². The lowest BCUT2D eigenvalue weighted by atomic mass is 9.96. The Labute approximate surface area is 87.1 Å². The number of rotatable bonds is 8. The quantitative estimate of drug-likeness (QED) is 0.600. The first-order valence-electron chi connectivity index (χ1n) is 5.57. The highest BCUT2D eigenvalue weighted by Crippen LogP contribution is 2.13. The number of unbranched alkanes of at least 4 members (excludes halogenated alkanes) is 1. The van der Waals surface area contributed by atoms with Crippen molar-refractivity contribution in [2.45, 2.75) is 59.3 Å². The molecule has 0 rings (SSSR count). The van der Waals surface area contributed by atoms with E-state index in [-0.39, 0.29) is 5.78 Å². The smallest absolute Gasteiger partial charge is 0.133 e. The largest absolute Gasteiger partial charge is 0.300 e. The molecule has 0 aliphatic rings. The maximum atomic E-state index is 11.4. The summed E-state index contributed by atoms with van der Waals surface area (Å²) in [6.45, 7) is 5.74. The van der Waals surface area contributed by atoms with Gasteiger partial charge in [-0.15, -0.1) is 0 Å². The molecule has 0 aromatic carbocycles. The molecular formula is C12H22O2. The van der Waals surface area contributed by atoms with Gasteiger partial charge >= 0.3 is 0 Å². The van der Waals surface area contributed by atoms with Crippen LogP contribution in [0.3, 0.4) is 0 Å². The summed E-state index contributed by atoms with van der Waals surface area (Å²) >= 11 is 0. The van der Waals surface area contributed by atoms with Gasteiger partial charge in [-0.25, -0.2) is 0 Å². The molecule has 0 aromatic rings. The summed E-state index contributed by atoms with van der Waals surface area (Å²) in [5, 5.41) is 0. The van der Waals surface area contributed by atoms with Crippen LogP contribution in [0.5, 0.6) is 0 Å². The van der Waals surface area contributed by atoms with E-state index in [2.05, 4.69) is 6.92 Å². The Kier molecular flexibility index (Phi) is 7.35. The summed E-state index contributed by atoms with van der Waals surface area (Å²) in [6.07, 6.45) is 4.90. The minimum Gasteiger partial charge on any atom is -0.300 e. The van der Waals surface area contributed by atoms with Crippen molar-refractivity contribution in [3.05, 3.63) is 0 Å². The number of hydrogen-bond acceptors (Lipinski definition) is 2. The van der Waals surface area contributed by atoms with Gasteiger partial charge in [0.15, 0.2) is 0 Å². The number of ketones is 2. The number of Topliss-reactive ketones (excluding diaryl/α,β-unsaturated/α-hetero) is 2. The molecular weight excluding hydrogens is 176 g/mol. The Morgan fingerprint density at radius 2 is 1.86 bits per heavy atom. The first kappa shape index (κ1) is 13.3. The van der Waals surface area contributed by atoms with Crippen molar-refractivity contribution in [2.24, 2.45) is 5.92 Å². The number of carbonyl (C=O) groups excluding carboxylic acids is 2. The third-order valence-corrected chi connectivity index (χ3v) is 2.37. The van der Waals surface area contributed by atoms with Crippen molar-refractivity contribution < 1.29 is 9.59 Å². The van der Waals surface area contributed by atoms with Crippen LogP contribution in [-0.4, -0.2) is 11.6 Å². The van der Waals surface area contributed by atoms with Crippen LogP contribution in [0, 0.1) is 5.92 Å². The lowest BCUT2D eigenvalue weighted by Gasteiger charge is -2.08. The molecule has 82 valence electrons. The van der Waals surface area contributed by atoms with Gasteiger partial charge in [0, 0.05) is 19.3 Å². The van der Waals surface area contributed by atoms with Gasteiger partial charge in [-0.1, -0.05) is 20.3 Å². The molecule has 0 bridgehead atoms. The molecule has 0 aliphatic carbocycles. The molecule has 0 amide bonds. The molecule has 0 radical (unpaired) electrons. The molecule has 0 heterocycles. The zero-order chi connectivity index (χ0) is 11.0. The molecule has 2 nitrogen and oxygen atoms in total. The maximum absolute atomic E-state index is 11.4. The van der Waals surface area contributed by atoms with Crippen LogP contribution in [0.4, 0.5) is 0 Å². The highest BCUT2D eigenvalue weighted by molar-refractivity contribution is 5.78. The van der Waals surface area contributed by atoms with Crippen LogP contribution in [0.1, 0.15) is 59.3 Å². The Bertz CT molecular complexity index is 185. The third-order valence-electron chi connectivity index (χ3n) is 2.37. The van der Waals surface area contributed by atoms with Crippen molar-refractivity contribution in [3.63, 3.8) is 0 Å². The lowest BCUT2D eigenvalue weighted by Crippen LogP contribution is -2.06. The fourth-order valence-corrected chi connectivity index (χ4v) is 1.42. The average Bonchev–Trinajstić information content (AvgIpc) is 2.11. The summed E-state index contributed by atoms with van der Waals surface area (Å²) in [4.78, 5) is 22.1. The molecule has 0 aromatic heterocycles. The SMILES string of the molecule is CCCCC(=O)CC(C)CCC(C)=O. The van der Waals surface area contributed by atoms with E-state index in [4.69, 9.17) is 0 Å².